The molecule has 1 aliphatic rings. The summed E-state index contributed by atoms with van der Waals surface area (Å²) in [5, 5.41) is 0. The molecule has 4 aromatic carbocycles. The van der Waals surface area contributed by atoms with E-state index in [2.05, 4.69) is 89.9 Å². The van der Waals surface area contributed by atoms with Crippen LogP contribution in [0, 0.1) is 0 Å². The predicted molar refractivity (Wildman–Crippen MR) is 131 cm³/mol. The maximum Gasteiger partial charge on any atom is 0.206 e. The fraction of sp³-hybridized carbons (Fsp3) is 0.0333. The maximum atomic E-state index is 6.26. The van der Waals surface area contributed by atoms with Crippen molar-refractivity contribution < 1.29 is 9.73 Å². The monoisotopic (exact) mass is 414 g/mol. The Morgan fingerprint density at radius 2 is 1.31 bits per heavy atom. The van der Waals surface area contributed by atoms with Crippen LogP contribution < -0.4 is 9.73 Å². The Morgan fingerprint density at radius 3 is 2.06 bits per heavy atom. The number of allylic oxidation sites excluding steroid dienone is 3. The zero-order valence-electron chi connectivity index (χ0n) is 17.7. The van der Waals surface area contributed by atoms with Crippen molar-refractivity contribution in [1.82, 2.24) is 0 Å². The second-order valence-corrected chi connectivity index (χ2v) is 7.69. The average molecular weight is 415 g/mol. The number of ether oxygens (including phenoxy) is 1. The Balaban J connectivity index is 1.61. The lowest BCUT2D eigenvalue weighted by molar-refractivity contribution is -0.473. The molecule has 2 nitrogen and oxygen atoms in total. The molecule has 0 radical (unpaired) electrons. The second kappa shape index (κ2) is 9.32. The van der Waals surface area contributed by atoms with Crippen LogP contribution in [0.15, 0.2) is 127 Å². The standard InChI is InChI=1S/C30H23NO/c1-4-12-23(13-5-1)22-31-28(24-14-6-2-7-15-24)20-26-21-30(25-16-8-3-9-17-25)32-29-19-11-10-18-27(26)29/h1-21H,22H2/p+1/b26-20-,31-28?. The number of hydrogen-bond donors (Lipinski definition) is 1. The number of hydrogen-bond acceptors (Lipinski definition) is 1. The molecule has 0 aromatic heterocycles. The molecule has 1 aliphatic heterocycles. The van der Waals surface area contributed by atoms with Gasteiger partial charge < -0.3 is 4.74 Å². The minimum atomic E-state index is 0.752. The van der Waals surface area contributed by atoms with Gasteiger partial charge in [-0.1, -0.05) is 97.1 Å². The zero-order chi connectivity index (χ0) is 21.6. The number of fused-ring (bicyclic) bond motifs is 1. The van der Waals surface area contributed by atoms with Crippen molar-refractivity contribution in [2.75, 3.05) is 0 Å². The van der Waals surface area contributed by atoms with Crippen molar-refractivity contribution in [2.45, 2.75) is 6.54 Å². The molecule has 0 unspecified atom stereocenters. The Hall–Kier alpha value is -4.17. The van der Waals surface area contributed by atoms with Gasteiger partial charge in [0.1, 0.15) is 11.5 Å². The van der Waals surface area contributed by atoms with Gasteiger partial charge in [-0.05, 0) is 29.8 Å². The lowest BCUT2D eigenvalue weighted by atomic mass is 9.96. The first-order valence-corrected chi connectivity index (χ1v) is 10.8. The van der Waals surface area contributed by atoms with Gasteiger partial charge in [0.2, 0.25) is 5.71 Å². The summed E-state index contributed by atoms with van der Waals surface area (Å²) in [7, 11) is 0. The lowest BCUT2D eigenvalue weighted by Crippen LogP contribution is -2.71. The smallest absolute Gasteiger partial charge is 0.206 e. The Labute approximate surface area is 188 Å². The molecule has 0 fully saturated rings. The normalized spacial score (nSPS) is 14.4. The molecule has 0 saturated carbocycles. The Morgan fingerprint density at radius 1 is 0.688 bits per heavy atom. The largest absolute Gasteiger partial charge is 0.456 e. The van der Waals surface area contributed by atoms with E-state index in [1.807, 2.05) is 42.5 Å². The van der Waals surface area contributed by atoms with Crippen molar-refractivity contribution in [3.63, 3.8) is 0 Å². The summed E-state index contributed by atoms with van der Waals surface area (Å²) in [6.07, 6.45) is 4.35. The van der Waals surface area contributed by atoms with E-state index < -0.39 is 0 Å². The van der Waals surface area contributed by atoms with Crippen LogP contribution in [-0.4, -0.2) is 5.71 Å². The van der Waals surface area contributed by atoms with Gasteiger partial charge in [-0.3, -0.25) is 0 Å². The van der Waals surface area contributed by atoms with Gasteiger partial charge in [0.25, 0.3) is 0 Å². The summed E-state index contributed by atoms with van der Waals surface area (Å²) in [6.45, 7) is 0.752. The van der Waals surface area contributed by atoms with Gasteiger partial charge >= 0.3 is 0 Å². The number of rotatable bonds is 5. The molecular weight excluding hydrogens is 390 g/mol. The molecule has 1 heterocycles. The number of para-hydroxylation sites is 1. The summed E-state index contributed by atoms with van der Waals surface area (Å²) >= 11 is 0. The van der Waals surface area contributed by atoms with Crippen molar-refractivity contribution in [1.29, 1.82) is 0 Å². The summed E-state index contributed by atoms with van der Waals surface area (Å²) in [4.78, 5) is 3.66. The summed E-state index contributed by atoms with van der Waals surface area (Å²) in [6, 6.07) is 39.4. The molecule has 2 heteroatoms. The van der Waals surface area contributed by atoms with Gasteiger partial charge in [-0.15, -0.1) is 0 Å². The predicted octanol–water partition coefficient (Wildman–Crippen LogP) is 5.27. The van der Waals surface area contributed by atoms with E-state index in [1.54, 1.807) is 0 Å². The molecule has 5 rings (SSSR count). The molecule has 0 spiro atoms. The highest BCUT2D eigenvalue weighted by Gasteiger charge is 2.19. The van der Waals surface area contributed by atoms with Crippen LogP contribution in [0.1, 0.15) is 22.3 Å². The molecule has 4 aromatic rings. The van der Waals surface area contributed by atoms with E-state index in [1.165, 1.54) is 5.56 Å². The van der Waals surface area contributed by atoms with Gasteiger partial charge in [0.05, 0.1) is 0 Å². The molecule has 154 valence electrons. The molecule has 0 bridgehead atoms. The third kappa shape index (κ3) is 4.45. The van der Waals surface area contributed by atoms with Crippen LogP contribution in [0.3, 0.4) is 0 Å². The van der Waals surface area contributed by atoms with Crippen LogP contribution in [0.2, 0.25) is 0 Å². The zero-order valence-corrected chi connectivity index (χ0v) is 17.7. The van der Waals surface area contributed by atoms with E-state index in [-0.39, 0.29) is 0 Å². The van der Waals surface area contributed by atoms with Crippen molar-refractivity contribution in [3.05, 3.63) is 150 Å². The lowest BCUT2D eigenvalue weighted by Gasteiger charge is -2.20. The van der Waals surface area contributed by atoms with E-state index in [4.69, 9.17) is 4.74 Å². The highest BCUT2D eigenvalue weighted by atomic mass is 16.5. The summed E-state index contributed by atoms with van der Waals surface area (Å²) in [5.41, 5.74) is 6.73. The molecule has 0 amide bonds. The Kier molecular flexibility index (Phi) is 5.76. The van der Waals surface area contributed by atoms with E-state index >= 15 is 0 Å². The molecular formula is C30H24NO+. The summed E-state index contributed by atoms with van der Waals surface area (Å²) in [5.74, 6) is 1.72. The first-order chi connectivity index (χ1) is 15.9. The molecule has 0 atom stereocenters. The fourth-order valence-corrected chi connectivity index (χ4v) is 3.83. The molecule has 0 saturated heterocycles. The Bertz CT molecular complexity index is 1290. The highest BCUT2D eigenvalue weighted by Crippen LogP contribution is 2.36. The maximum absolute atomic E-state index is 6.26. The van der Waals surface area contributed by atoms with Crippen molar-refractivity contribution in [3.8, 4) is 5.75 Å². The topological polar surface area (TPSA) is 23.2 Å². The van der Waals surface area contributed by atoms with E-state index in [9.17, 15) is 0 Å². The van der Waals surface area contributed by atoms with Crippen LogP contribution in [0.4, 0.5) is 0 Å². The van der Waals surface area contributed by atoms with Gasteiger partial charge in [-0.2, -0.15) is 0 Å². The van der Waals surface area contributed by atoms with Gasteiger partial charge in [0.15, 0.2) is 6.54 Å². The number of nitrogens with one attached hydrogen (secondary N) is 1. The van der Waals surface area contributed by atoms with Crippen molar-refractivity contribution in [2.24, 2.45) is 0 Å². The first kappa shape index (κ1) is 19.8. The van der Waals surface area contributed by atoms with E-state index in [0.717, 1.165) is 46.0 Å². The van der Waals surface area contributed by atoms with Crippen LogP contribution in [0.5, 0.6) is 5.75 Å². The van der Waals surface area contributed by atoms with Crippen LogP contribution in [-0.2, 0) is 6.54 Å². The van der Waals surface area contributed by atoms with Gasteiger partial charge in [0, 0.05) is 28.3 Å². The first-order valence-electron chi connectivity index (χ1n) is 10.8. The van der Waals surface area contributed by atoms with Crippen LogP contribution >= 0.6 is 0 Å². The SMILES string of the molecule is C1=C(c2ccccc2)Oc2ccccc2/C1=C\C(=[NH+]Cc1ccccc1)c1ccccc1. The van der Waals surface area contributed by atoms with Crippen molar-refractivity contribution >= 4 is 17.0 Å². The second-order valence-electron chi connectivity index (χ2n) is 7.69. The molecule has 0 aliphatic carbocycles. The summed E-state index contributed by atoms with van der Waals surface area (Å²) < 4.78 is 6.26. The fourth-order valence-electron chi connectivity index (χ4n) is 3.83. The van der Waals surface area contributed by atoms with Gasteiger partial charge in [-0.25, -0.2) is 4.99 Å². The highest BCUT2D eigenvalue weighted by molar-refractivity contribution is 6.11. The number of benzene rings is 4. The third-order valence-electron chi connectivity index (χ3n) is 5.47. The van der Waals surface area contributed by atoms with E-state index in [0.29, 0.717) is 0 Å². The minimum Gasteiger partial charge on any atom is -0.456 e. The van der Waals surface area contributed by atoms with Crippen LogP contribution in [0.25, 0.3) is 11.3 Å². The third-order valence-corrected chi connectivity index (χ3v) is 5.47. The minimum absolute atomic E-state index is 0.752. The molecule has 1 N–H and O–H groups in total. The quantitative estimate of drug-likeness (QED) is 0.442. The average Bonchev–Trinajstić information content (AvgIpc) is 2.88. The molecule has 32 heavy (non-hydrogen) atoms.